The van der Waals surface area contributed by atoms with Gasteiger partial charge in [0.05, 0.1) is 0 Å². The molecule has 1 atom stereocenters. The minimum atomic E-state index is -1.02. The zero-order valence-electron chi connectivity index (χ0n) is 9.36. The van der Waals surface area contributed by atoms with Gasteiger partial charge in [0, 0.05) is 13.3 Å². The molecule has 0 saturated heterocycles. The number of rotatable bonds is 4. The zero-order chi connectivity index (χ0) is 12.1. The van der Waals surface area contributed by atoms with Crippen LogP contribution >= 0.6 is 0 Å². The van der Waals surface area contributed by atoms with Gasteiger partial charge in [-0.2, -0.15) is 0 Å². The minimum Gasteiger partial charge on any atom is -0.480 e. The topological polar surface area (TPSA) is 66.4 Å². The normalized spacial score (nSPS) is 11.9. The molecular weight excluding hydrogens is 206 g/mol. The number of carboxylic acids is 1. The Labute approximate surface area is 94.3 Å². The highest BCUT2D eigenvalue weighted by atomic mass is 16.4. The average Bonchev–Trinajstić information content (AvgIpc) is 2.19. The van der Waals surface area contributed by atoms with Gasteiger partial charge >= 0.3 is 5.97 Å². The van der Waals surface area contributed by atoms with E-state index in [0.717, 1.165) is 11.1 Å². The Morgan fingerprint density at radius 3 is 2.50 bits per heavy atom. The number of nitrogens with one attached hydrogen (secondary N) is 1. The highest BCUT2D eigenvalue weighted by Gasteiger charge is 2.19. The van der Waals surface area contributed by atoms with Gasteiger partial charge in [-0.3, -0.25) is 4.79 Å². The van der Waals surface area contributed by atoms with Crippen LogP contribution in [-0.2, 0) is 16.0 Å². The first-order chi connectivity index (χ1) is 7.50. The molecule has 2 N–H and O–H groups in total. The molecule has 0 bridgehead atoms. The monoisotopic (exact) mass is 221 g/mol. The first kappa shape index (κ1) is 12.2. The number of carboxylic acid groups (broad SMARTS) is 1. The van der Waals surface area contributed by atoms with E-state index in [2.05, 4.69) is 5.32 Å². The van der Waals surface area contributed by atoms with Gasteiger partial charge in [0.2, 0.25) is 5.91 Å². The average molecular weight is 221 g/mol. The number of aliphatic carboxylic acids is 1. The van der Waals surface area contributed by atoms with Crippen molar-refractivity contribution in [3.63, 3.8) is 0 Å². The van der Waals surface area contributed by atoms with Crippen LogP contribution in [0.3, 0.4) is 0 Å². The molecular formula is C12H15NO3. The van der Waals surface area contributed by atoms with Crippen molar-refractivity contribution in [1.29, 1.82) is 0 Å². The molecule has 1 amide bonds. The van der Waals surface area contributed by atoms with Crippen LogP contribution < -0.4 is 5.32 Å². The fourth-order valence-electron chi connectivity index (χ4n) is 1.50. The molecule has 1 aromatic rings. The van der Waals surface area contributed by atoms with Crippen molar-refractivity contribution in [2.24, 2.45) is 0 Å². The number of hydrogen-bond acceptors (Lipinski definition) is 2. The van der Waals surface area contributed by atoms with E-state index < -0.39 is 12.0 Å². The third-order valence-electron chi connectivity index (χ3n) is 2.36. The van der Waals surface area contributed by atoms with E-state index in [0.29, 0.717) is 6.42 Å². The first-order valence-electron chi connectivity index (χ1n) is 5.05. The summed E-state index contributed by atoms with van der Waals surface area (Å²) in [6.45, 7) is 3.23. The molecule has 16 heavy (non-hydrogen) atoms. The van der Waals surface area contributed by atoms with Crippen molar-refractivity contribution in [2.75, 3.05) is 0 Å². The van der Waals surface area contributed by atoms with Gasteiger partial charge in [-0.05, 0) is 18.1 Å². The molecule has 0 radical (unpaired) electrons. The van der Waals surface area contributed by atoms with Crippen LogP contribution in [0.5, 0.6) is 0 Å². The minimum absolute atomic E-state index is 0.307. The number of carbonyl (C=O) groups excluding carboxylic acids is 1. The molecule has 4 heteroatoms. The second kappa shape index (κ2) is 5.30. The van der Waals surface area contributed by atoms with Crippen LogP contribution in [0, 0.1) is 6.92 Å². The van der Waals surface area contributed by atoms with Crippen LogP contribution in [-0.4, -0.2) is 23.0 Å². The third-order valence-corrected chi connectivity index (χ3v) is 2.36. The molecule has 0 aliphatic rings. The number of carbonyl (C=O) groups is 2. The van der Waals surface area contributed by atoms with E-state index in [9.17, 15) is 9.59 Å². The molecule has 0 fully saturated rings. The maximum absolute atomic E-state index is 10.9. The van der Waals surface area contributed by atoms with Crippen molar-refractivity contribution < 1.29 is 14.7 Å². The maximum atomic E-state index is 10.9. The second-order valence-corrected chi connectivity index (χ2v) is 3.72. The molecule has 0 aliphatic heterocycles. The summed E-state index contributed by atoms with van der Waals surface area (Å²) in [5.74, 6) is -1.35. The molecule has 1 unspecified atom stereocenters. The molecule has 0 aliphatic carbocycles. The molecule has 0 aromatic heterocycles. The Balaban J connectivity index is 2.80. The van der Waals surface area contributed by atoms with E-state index in [4.69, 9.17) is 5.11 Å². The molecule has 0 saturated carbocycles. The van der Waals surface area contributed by atoms with Gasteiger partial charge in [-0.1, -0.05) is 24.3 Å². The highest BCUT2D eigenvalue weighted by molar-refractivity contribution is 5.82. The van der Waals surface area contributed by atoms with Crippen molar-refractivity contribution in [2.45, 2.75) is 26.3 Å². The Kier molecular flexibility index (Phi) is 4.05. The summed E-state index contributed by atoms with van der Waals surface area (Å²) in [6, 6.07) is 6.68. The van der Waals surface area contributed by atoms with Gasteiger partial charge in [0.15, 0.2) is 0 Å². The summed E-state index contributed by atoms with van der Waals surface area (Å²) >= 11 is 0. The van der Waals surface area contributed by atoms with E-state index in [-0.39, 0.29) is 5.91 Å². The van der Waals surface area contributed by atoms with E-state index >= 15 is 0 Å². The zero-order valence-corrected chi connectivity index (χ0v) is 9.36. The van der Waals surface area contributed by atoms with Gasteiger partial charge in [0.1, 0.15) is 6.04 Å². The van der Waals surface area contributed by atoms with E-state index in [1.165, 1.54) is 6.92 Å². The lowest BCUT2D eigenvalue weighted by Gasteiger charge is -2.14. The van der Waals surface area contributed by atoms with E-state index in [1.54, 1.807) is 0 Å². The lowest BCUT2D eigenvalue weighted by molar-refractivity contribution is -0.141. The Bertz CT molecular complexity index is 401. The Hall–Kier alpha value is -1.84. The fourth-order valence-corrected chi connectivity index (χ4v) is 1.50. The molecule has 1 aromatic carbocycles. The third kappa shape index (κ3) is 3.38. The van der Waals surface area contributed by atoms with Gasteiger partial charge in [-0.15, -0.1) is 0 Å². The Morgan fingerprint density at radius 1 is 1.38 bits per heavy atom. The quantitative estimate of drug-likeness (QED) is 0.800. The lowest BCUT2D eigenvalue weighted by atomic mass is 10.0. The second-order valence-electron chi connectivity index (χ2n) is 3.72. The molecule has 1 rings (SSSR count). The predicted octanol–water partition coefficient (Wildman–Crippen LogP) is 1.13. The van der Waals surface area contributed by atoms with Crippen LogP contribution in [0.4, 0.5) is 0 Å². The van der Waals surface area contributed by atoms with Gasteiger partial charge < -0.3 is 10.4 Å². The summed E-state index contributed by atoms with van der Waals surface area (Å²) in [6.07, 6.45) is 0.307. The van der Waals surface area contributed by atoms with Gasteiger partial charge in [0.25, 0.3) is 0 Å². The van der Waals surface area contributed by atoms with Crippen LogP contribution in [0.25, 0.3) is 0 Å². The molecule has 86 valence electrons. The standard InChI is InChI=1S/C12H15NO3/c1-8-5-3-4-6-10(8)7-11(12(15)16)13-9(2)14/h3-6,11H,7H2,1-2H3,(H,13,14)(H,15,16). The summed E-state index contributed by atoms with van der Waals surface area (Å²) < 4.78 is 0. The largest absolute Gasteiger partial charge is 0.480 e. The number of benzene rings is 1. The summed E-state index contributed by atoms with van der Waals surface area (Å²) in [4.78, 5) is 21.8. The van der Waals surface area contributed by atoms with Crippen molar-refractivity contribution in [3.8, 4) is 0 Å². The van der Waals surface area contributed by atoms with Crippen LogP contribution in [0.2, 0.25) is 0 Å². The molecule has 0 heterocycles. The number of hydrogen-bond donors (Lipinski definition) is 2. The summed E-state index contributed by atoms with van der Waals surface area (Å²) in [5.41, 5.74) is 1.96. The van der Waals surface area contributed by atoms with Crippen molar-refractivity contribution in [3.05, 3.63) is 35.4 Å². The predicted molar refractivity (Wildman–Crippen MR) is 60.1 cm³/mol. The fraction of sp³-hybridized carbons (Fsp3) is 0.333. The smallest absolute Gasteiger partial charge is 0.326 e. The lowest BCUT2D eigenvalue weighted by Crippen LogP contribution is -2.41. The molecule has 4 nitrogen and oxygen atoms in total. The van der Waals surface area contributed by atoms with Crippen LogP contribution in [0.1, 0.15) is 18.1 Å². The molecule has 0 spiro atoms. The van der Waals surface area contributed by atoms with Gasteiger partial charge in [-0.25, -0.2) is 4.79 Å². The summed E-state index contributed by atoms with van der Waals surface area (Å²) in [7, 11) is 0. The SMILES string of the molecule is CC(=O)NC(Cc1ccccc1C)C(=O)O. The van der Waals surface area contributed by atoms with Crippen LogP contribution in [0.15, 0.2) is 24.3 Å². The van der Waals surface area contributed by atoms with Crippen molar-refractivity contribution >= 4 is 11.9 Å². The Morgan fingerprint density at radius 2 is 2.00 bits per heavy atom. The highest BCUT2D eigenvalue weighted by Crippen LogP contribution is 2.09. The first-order valence-corrected chi connectivity index (χ1v) is 5.05. The maximum Gasteiger partial charge on any atom is 0.326 e. The van der Waals surface area contributed by atoms with Crippen molar-refractivity contribution in [1.82, 2.24) is 5.32 Å². The number of amides is 1. The number of aryl methyl sites for hydroxylation is 1. The van der Waals surface area contributed by atoms with E-state index in [1.807, 2.05) is 31.2 Å². The summed E-state index contributed by atoms with van der Waals surface area (Å²) in [5, 5.41) is 11.4.